The minimum Gasteiger partial charge on any atom is -0.465 e. The van der Waals surface area contributed by atoms with E-state index in [1.165, 1.54) is 96.8 Å². The van der Waals surface area contributed by atoms with Crippen molar-refractivity contribution in [1.82, 2.24) is 10.6 Å². The molecule has 0 aromatic carbocycles. The van der Waals surface area contributed by atoms with E-state index in [9.17, 15) is 4.79 Å². The third-order valence-corrected chi connectivity index (χ3v) is 4.95. The quantitative estimate of drug-likeness (QED) is 0.108. The number of nitriles is 1. The van der Waals surface area contributed by atoms with E-state index >= 15 is 0 Å². The van der Waals surface area contributed by atoms with Crippen molar-refractivity contribution in [3.63, 3.8) is 0 Å². The van der Waals surface area contributed by atoms with Crippen molar-refractivity contribution in [3.05, 3.63) is 11.8 Å². The van der Waals surface area contributed by atoms with Gasteiger partial charge in [0.2, 0.25) is 0 Å². The standard InChI is InChI=1S/C22H39N3O2S/c1-3-4-5-6-7-8-9-10-11-12-13-14-15-16-17-24-22(28)25-19-20(18-23)21(26)27-2/h19H,3-17H2,1-2H3,(H2,24,25,28). The van der Waals surface area contributed by atoms with Gasteiger partial charge in [-0.1, -0.05) is 90.4 Å². The normalized spacial score (nSPS) is 11.0. The zero-order valence-electron chi connectivity index (χ0n) is 17.9. The van der Waals surface area contributed by atoms with Crippen LogP contribution in [0.5, 0.6) is 0 Å². The summed E-state index contributed by atoms with van der Waals surface area (Å²) in [7, 11) is 1.24. The van der Waals surface area contributed by atoms with Crippen LogP contribution in [-0.4, -0.2) is 24.7 Å². The van der Waals surface area contributed by atoms with Gasteiger partial charge in [-0.05, 0) is 18.6 Å². The maximum atomic E-state index is 11.2. The lowest BCUT2D eigenvalue weighted by molar-refractivity contribution is -0.135. The van der Waals surface area contributed by atoms with E-state index in [1.54, 1.807) is 6.07 Å². The zero-order valence-corrected chi connectivity index (χ0v) is 18.7. The van der Waals surface area contributed by atoms with Gasteiger partial charge in [-0.3, -0.25) is 0 Å². The highest BCUT2D eigenvalue weighted by molar-refractivity contribution is 7.80. The van der Waals surface area contributed by atoms with Crippen LogP contribution in [0.15, 0.2) is 11.8 Å². The Kier molecular flexibility index (Phi) is 19.0. The molecule has 0 amide bonds. The van der Waals surface area contributed by atoms with Gasteiger partial charge in [-0.15, -0.1) is 0 Å². The van der Waals surface area contributed by atoms with Crippen LogP contribution in [0.25, 0.3) is 0 Å². The van der Waals surface area contributed by atoms with Gasteiger partial charge in [-0.25, -0.2) is 4.79 Å². The molecule has 0 radical (unpaired) electrons. The third kappa shape index (κ3) is 16.6. The molecule has 0 bridgehead atoms. The number of methoxy groups -OCH3 is 1. The Balaban J connectivity index is 3.41. The van der Waals surface area contributed by atoms with Crippen molar-refractivity contribution in [3.8, 4) is 6.07 Å². The smallest absolute Gasteiger partial charge is 0.350 e. The first-order valence-electron chi connectivity index (χ1n) is 10.9. The lowest BCUT2D eigenvalue weighted by atomic mass is 10.0. The zero-order chi connectivity index (χ0) is 20.9. The highest BCUT2D eigenvalue weighted by atomic mass is 32.1. The highest BCUT2D eigenvalue weighted by Crippen LogP contribution is 2.12. The Bertz CT molecular complexity index is 487. The molecule has 0 unspecified atom stereocenters. The number of hydrogen-bond donors (Lipinski definition) is 2. The number of rotatable bonds is 17. The van der Waals surface area contributed by atoms with Crippen molar-refractivity contribution >= 4 is 23.3 Å². The second-order valence-electron chi connectivity index (χ2n) is 7.16. The van der Waals surface area contributed by atoms with Crippen LogP contribution < -0.4 is 10.6 Å². The summed E-state index contributed by atoms with van der Waals surface area (Å²) >= 11 is 5.11. The third-order valence-electron chi connectivity index (χ3n) is 4.69. The lowest BCUT2D eigenvalue weighted by Gasteiger charge is -2.08. The average molecular weight is 410 g/mol. The fraction of sp³-hybridized carbons (Fsp3) is 0.773. The van der Waals surface area contributed by atoms with Crippen LogP contribution >= 0.6 is 12.2 Å². The second kappa shape index (κ2) is 20.1. The Morgan fingerprint density at radius 1 is 0.929 bits per heavy atom. The van der Waals surface area contributed by atoms with Gasteiger partial charge in [0.1, 0.15) is 6.07 Å². The Morgan fingerprint density at radius 3 is 1.82 bits per heavy atom. The molecule has 0 aliphatic rings. The number of carbonyl (C=O) groups excluding carboxylic acids is 1. The Labute approximate surface area is 177 Å². The van der Waals surface area contributed by atoms with Crippen LogP contribution in [0.3, 0.4) is 0 Å². The van der Waals surface area contributed by atoms with E-state index in [-0.39, 0.29) is 5.57 Å². The number of hydrogen-bond acceptors (Lipinski definition) is 4. The summed E-state index contributed by atoms with van der Waals surface area (Å²) in [5.74, 6) is -0.676. The minimum atomic E-state index is -0.676. The first-order valence-corrected chi connectivity index (χ1v) is 11.3. The SMILES string of the molecule is CCCCCCCCCCCCCCCCNC(=S)NC=C(C#N)C(=O)OC. The number of nitrogens with one attached hydrogen (secondary N) is 2. The van der Waals surface area contributed by atoms with Crippen LogP contribution in [0.2, 0.25) is 0 Å². The van der Waals surface area contributed by atoms with E-state index in [4.69, 9.17) is 17.5 Å². The summed E-state index contributed by atoms with van der Waals surface area (Å²) in [4.78, 5) is 11.2. The summed E-state index contributed by atoms with van der Waals surface area (Å²) in [6, 6.07) is 1.77. The number of carbonyl (C=O) groups is 1. The van der Waals surface area contributed by atoms with Crippen LogP contribution in [-0.2, 0) is 9.53 Å². The molecule has 0 atom stereocenters. The van der Waals surface area contributed by atoms with Crippen LogP contribution in [0.4, 0.5) is 0 Å². The summed E-state index contributed by atoms with van der Waals surface area (Å²) in [6.45, 7) is 3.06. The maximum Gasteiger partial charge on any atom is 0.350 e. The number of nitrogens with zero attached hydrogens (tertiary/aromatic N) is 1. The summed E-state index contributed by atoms with van der Waals surface area (Å²) in [5, 5.41) is 15.1. The monoisotopic (exact) mass is 409 g/mol. The minimum absolute atomic E-state index is 0.108. The van der Waals surface area contributed by atoms with E-state index < -0.39 is 5.97 Å². The molecule has 0 aromatic heterocycles. The molecule has 160 valence electrons. The molecule has 0 rings (SSSR count). The van der Waals surface area contributed by atoms with Gasteiger partial charge < -0.3 is 15.4 Å². The van der Waals surface area contributed by atoms with E-state index in [1.807, 2.05) is 0 Å². The first-order chi connectivity index (χ1) is 13.7. The van der Waals surface area contributed by atoms with Gasteiger partial charge in [-0.2, -0.15) is 5.26 Å². The van der Waals surface area contributed by atoms with Gasteiger partial charge in [0, 0.05) is 12.7 Å². The molecule has 6 heteroatoms. The molecule has 0 saturated carbocycles. The summed E-state index contributed by atoms with van der Waals surface area (Å²) in [6.07, 6.45) is 20.0. The van der Waals surface area contributed by atoms with Crippen molar-refractivity contribution in [2.45, 2.75) is 96.8 Å². The lowest BCUT2D eigenvalue weighted by Crippen LogP contribution is -2.33. The van der Waals surface area contributed by atoms with E-state index in [0.29, 0.717) is 5.11 Å². The Hall–Kier alpha value is -1.61. The topological polar surface area (TPSA) is 74.1 Å². The average Bonchev–Trinajstić information content (AvgIpc) is 2.71. The molecule has 0 heterocycles. The highest BCUT2D eigenvalue weighted by Gasteiger charge is 2.07. The molecule has 0 fully saturated rings. The van der Waals surface area contributed by atoms with Crippen molar-refractivity contribution in [2.24, 2.45) is 0 Å². The van der Waals surface area contributed by atoms with Crippen molar-refractivity contribution in [2.75, 3.05) is 13.7 Å². The van der Waals surface area contributed by atoms with Crippen molar-refractivity contribution < 1.29 is 9.53 Å². The molecule has 0 saturated heterocycles. The van der Waals surface area contributed by atoms with Gasteiger partial charge in [0.25, 0.3) is 0 Å². The maximum absolute atomic E-state index is 11.2. The molecule has 0 spiro atoms. The van der Waals surface area contributed by atoms with Gasteiger partial charge in [0.15, 0.2) is 10.7 Å². The molecule has 28 heavy (non-hydrogen) atoms. The predicted molar refractivity (Wildman–Crippen MR) is 120 cm³/mol. The predicted octanol–water partition coefficient (Wildman–Crippen LogP) is 5.51. The largest absolute Gasteiger partial charge is 0.465 e. The van der Waals surface area contributed by atoms with E-state index in [0.717, 1.165) is 13.0 Å². The molecular formula is C22H39N3O2S. The molecule has 0 aromatic rings. The van der Waals surface area contributed by atoms with Gasteiger partial charge >= 0.3 is 5.97 Å². The van der Waals surface area contributed by atoms with E-state index in [2.05, 4.69) is 22.3 Å². The number of thiocarbonyl (C=S) groups is 1. The number of unbranched alkanes of at least 4 members (excludes halogenated alkanes) is 13. The molecule has 5 nitrogen and oxygen atoms in total. The fourth-order valence-corrected chi connectivity index (χ4v) is 3.12. The summed E-state index contributed by atoms with van der Waals surface area (Å²) < 4.78 is 4.49. The molecular weight excluding hydrogens is 370 g/mol. The number of ether oxygens (including phenoxy) is 1. The molecule has 2 N–H and O–H groups in total. The second-order valence-corrected chi connectivity index (χ2v) is 7.57. The first kappa shape index (κ1) is 26.4. The molecule has 0 aliphatic heterocycles. The van der Waals surface area contributed by atoms with Crippen LogP contribution in [0.1, 0.15) is 96.8 Å². The fourth-order valence-electron chi connectivity index (χ4n) is 2.96. The summed E-state index contributed by atoms with van der Waals surface area (Å²) in [5.41, 5.74) is -0.108. The molecule has 0 aliphatic carbocycles. The number of esters is 1. The Morgan fingerprint density at radius 2 is 1.39 bits per heavy atom. The van der Waals surface area contributed by atoms with Crippen molar-refractivity contribution in [1.29, 1.82) is 5.26 Å². The van der Waals surface area contributed by atoms with Crippen LogP contribution in [0, 0.1) is 11.3 Å². The van der Waals surface area contributed by atoms with Gasteiger partial charge in [0.05, 0.1) is 7.11 Å².